The fraction of sp³-hybridized carbons (Fsp3) is 0.238. The number of hydrogen-bond acceptors (Lipinski definition) is 6. The molecular formula is C21H17ClF3N5O2. The highest BCUT2D eigenvalue weighted by atomic mass is 35.5. The first-order valence-electron chi connectivity index (χ1n) is 9.60. The van der Waals surface area contributed by atoms with Crippen LogP contribution in [0.4, 0.5) is 13.2 Å². The second kappa shape index (κ2) is 8.62. The second-order valence-corrected chi connectivity index (χ2v) is 7.14. The van der Waals surface area contributed by atoms with E-state index >= 15 is 0 Å². The lowest BCUT2D eigenvalue weighted by Gasteiger charge is -2.12. The molecule has 0 spiro atoms. The number of benzene rings is 1. The topological polar surface area (TPSA) is 78.9 Å². The maximum atomic E-state index is 14.0. The molecule has 7 nitrogen and oxygen atoms in total. The average Bonchev–Trinajstić information content (AvgIpc) is 3.39. The molecule has 3 heterocycles. The van der Waals surface area contributed by atoms with Gasteiger partial charge in [-0.05, 0) is 18.6 Å². The standard InChI is InChI=1S/C21H17ClF3N5O2/c1-3-10-30-19(21(23,24)25)13(11-28-30)18-15(20-26-8-5-9-27-20)17(29-32-18)12-6-4-7-14(31-2)16(12)22/h4-9,11H,3,10H2,1-2H3. The number of hydrogen-bond donors (Lipinski definition) is 0. The Bertz CT molecular complexity index is 1240. The molecule has 166 valence electrons. The fourth-order valence-corrected chi connectivity index (χ4v) is 3.67. The van der Waals surface area contributed by atoms with E-state index in [9.17, 15) is 13.2 Å². The first kappa shape index (κ1) is 21.8. The van der Waals surface area contributed by atoms with Gasteiger partial charge in [-0.25, -0.2) is 9.97 Å². The largest absolute Gasteiger partial charge is 0.495 e. The molecule has 32 heavy (non-hydrogen) atoms. The van der Waals surface area contributed by atoms with Crippen molar-refractivity contribution in [3.05, 3.63) is 53.6 Å². The van der Waals surface area contributed by atoms with Crippen molar-refractivity contribution in [1.82, 2.24) is 24.9 Å². The molecule has 0 aliphatic heterocycles. The van der Waals surface area contributed by atoms with Crippen molar-refractivity contribution >= 4 is 11.6 Å². The van der Waals surface area contributed by atoms with E-state index in [0.29, 0.717) is 17.7 Å². The molecule has 0 saturated heterocycles. The van der Waals surface area contributed by atoms with Gasteiger partial charge in [-0.3, -0.25) is 4.68 Å². The number of halogens is 4. The van der Waals surface area contributed by atoms with Gasteiger partial charge in [0.15, 0.2) is 17.3 Å². The lowest BCUT2D eigenvalue weighted by atomic mass is 10.0. The normalized spacial score (nSPS) is 11.7. The van der Waals surface area contributed by atoms with Crippen LogP contribution in [0.15, 0.2) is 47.4 Å². The van der Waals surface area contributed by atoms with E-state index in [1.807, 2.05) is 0 Å². The second-order valence-electron chi connectivity index (χ2n) is 6.76. The number of aryl methyl sites for hydroxylation is 1. The maximum absolute atomic E-state index is 14.0. The smallest absolute Gasteiger partial charge is 0.433 e. The molecule has 0 aliphatic carbocycles. The minimum absolute atomic E-state index is 0.0920. The van der Waals surface area contributed by atoms with Crippen molar-refractivity contribution in [2.75, 3.05) is 7.11 Å². The van der Waals surface area contributed by atoms with Gasteiger partial charge in [-0.15, -0.1) is 0 Å². The Balaban J connectivity index is 2.01. The van der Waals surface area contributed by atoms with Gasteiger partial charge in [-0.2, -0.15) is 18.3 Å². The van der Waals surface area contributed by atoms with E-state index in [1.54, 1.807) is 31.2 Å². The predicted molar refractivity (Wildman–Crippen MR) is 111 cm³/mol. The summed E-state index contributed by atoms with van der Waals surface area (Å²) in [6.07, 6.45) is -0.138. The lowest BCUT2D eigenvalue weighted by molar-refractivity contribution is -0.143. The van der Waals surface area contributed by atoms with Crippen LogP contribution in [-0.4, -0.2) is 32.0 Å². The van der Waals surface area contributed by atoms with Gasteiger partial charge in [0.2, 0.25) is 0 Å². The predicted octanol–water partition coefficient (Wildman–Crippen LogP) is 5.75. The Labute approximate surface area is 185 Å². The zero-order valence-corrected chi connectivity index (χ0v) is 17.8. The first-order valence-corrected chi connectivity index (χ1v) is 9.97. The van der Waals surface area contributed by atoms with Gasteiger partial charge in [0.25, 0.3) is 0 Å². The monoisotopic (exact) mass is 463 g/mol. The lowest BCUT2D eigenvalue weighted by Crippen LogP contribution is -2.15. The fourth-order valence-electron chi connectivity index (χ4n) is 3.38. The molecule has 0 aliphatic rings. The van der Waals surface area contributed by atoms with E-state index in [0.717, 1.165) is 10.9 Å². The quantitative estimate of drug-likeness (QED) is 0.362. The Morgan fingerprint density at radius 3 is 2.53 bits per heavy atom. The third kappa shape index (κ3) is 3.81. The summed E-state index contributed by atoms with van der Waals surface area (Å²) in [5.74, 6) is 0.356. The molecular weight excluding hydrogens is 447 g/mol. The summed E-state index contributed by atoms with van der Waals surface area (Å²) >= 11 is 6.46. The first-order chi connectivity index (χ1) is 15.4. The summed E-state index contributed by atoms with van der Waals surface area (Å²) in [6.45, 7) is 1.86. The molecule has 0 radical (unpaired) electrons. The van der Waals surface area contributed by atoms with E-state index in [2.05, 4.69) is 20.2 Å². The summed E-state index contributed by atoms with van der Waals surface area (Å²) < 4.78 is 53.6. The van der Waals surface area contributed by atoms with Gasteiger partial charge in [0.1, 0.15) is 11.4 Å². The van der Waals surface area contributed by atoms with Gasteiger partial charge < -0.3 is 9.26 Å². The van der Waals surface area contributed by atoms with Crippen molar-refractivity contribution < 1.29 is 22.4 Å². The van der Waals surface area contributed by atoms with Crippen molar-refractivity contribution in [3.8, 4) is 39.7 Å². The summed E-state index contributed by atoms with van der Waals surface area (Å²) in [4.78, 5) is 8.41. The molecule has 0 atom stereocenters. The van der Waals surface area contributed by atoms with Crippen LogP contribution in [0, 0.1) is 0 Å². The van der Waals surface area contributed by atoms with Crippen molar-refractivity contribution in [1.29, 1.82) is 0 Å². The van der Waals surface area contributed by atoms with Gasteiger partial charge in [0.05, 0.1) is 29.5 Å². The minimum atomic E-state index is -4.67. The van der Waals surface area contributed by atoms with E-state index in [-0.39, 0.29) is 40.0 Å². The highest BCUT2D eigenvalue weighted by Gasteiger charge is 2.41. The molecule has 0 fully saturated rings. The molecule has 1 aromatic carbocycles. The highest BCUT2D eigenvalue weighted by Crippen LogP contribution is 2.45. The molecule has 4 rings (SSSR count). The molecule has 3 aromatic heterocycles. The SMILES string of the molecule is CCCn1ncc(-c2onc(-c3cccc(OC)c3Cl)c2-c2ncccn2)c1C(F)(F)F. The van der Waals surface area contributed by atoms with Crippen molar-refractivity contribution in [3.63, 3.8) is 0 Å². The minimum Gasteiger partial charge on any atom is -0.495 e. The van der Waals surface area contributed by atoms with Crippen molar-refractivity contribution in [2.24, 2.45) is 0 Å². The van der Waals surface area contributed by atoms with Gasteiger partial charge in [-0.1, -0.05) is 35.8 Å². The van der Waals surface area contributed by atoms with Crippen LogP contribution < -0.4 is 4.74 Å². The zero-order chi connectivity index (χ0) is 22.9. The van der Waals surface area contributed by atoms with Crippen LogP contribution in [0.25, 0.3) is 34.0 Å². The van der Waals surface area contributed by atoms with Crippen LogP contribution in [0.1, 0.15) is 19.0 Å². The molecule has 0 N–H and O–H groups in total. The number of alkyl halides is 3. The van der Waals surface area contributed by atoms with Crippen LogP contribution in [0.3, 0.4) is 0 Å². The third-order valence-electron chi connectivity index (χ3n) is 4.71. The van der Waals surface area contributed by atoms with Crippen LogP contribution in [0.5, 0.6) is 5.75 Å². The number of methoxy groups -OCH3 is 1. The number of rotatable bonds is 6. The summed E-state index contributed by atoms with van der Waals surface area (Å²) in [7, 11) is 1.46. The Morgan fingerprint density at radius 1 is 1.12 bits per heavy atom. The van der Waals surface area contributed by atoms with Crippen molar-refractivity contribution in [2.45, 2.75) is 26.1 Å². The molecule has 0 saturated carbocycles. The third-order valence-corrected chi connectivity index (χ3v) is 5.10. The van der Waals surface area contributed by atoms with Crippen LogP contribution >= 0.6 is 11.6 Å². The van der Waals surface area contributed by atoms with E-state index in [1.165, 1.54) is 19.5 Å². The van der Waals surface area contributed by atoms with E-state index < -0.39 is 11.9 Å². The Hall–Kier alpha value is -3.40. The molecule has 11 heteroatoms. The highest BCUT2D eigenvalue weighted by molar-refractivity contribution is 6.35. The van der Waals surface area contributed by atoms with Gasteiger partial charge in [0, 0.05) is 24.5 Å². The Kier molecular flexibility index (Phi) is 5.88. The maximum Gasteiger partial charge on any atom is 0.433 e. The van der Waals surface area contributed by atoms with Gasteiger partial charge >= 0.3 is 6.18 Å². The van der Waals surface area contributed by atoms with Crippen LogP contribution in [0.2, 0.25) is 5.02 Å². The molecule has 4 aromatic rings. The average molecular weight is 464 g/mol. The van der Waals surface area contributed by atoms with Crippen LogP contribution in [-0.2, 0) is 12.7 Å². The molecule has 0 amide bonds. The zero-order valence-electron chi connectivity index (χ0n) is 17.0. The number of nitrogens with zero attached hydrogens (tertiary/aromatic N) is 5. The number of aromatic nitrogens is 5. The number of ether oxygens (including phenoxy) is 1. The summed E-state index contributed by atoms with van der Waals surface area (Å²) in [6, 6.07) is 6.59. The molecule has 0 unspecified atom stereocenters. The molecule has 0 bridgehead atoms. The van der Waals surface area contributed by atoms with E-state index in [4.69, 9.17) is 20.9 Å². The summed E-state index contributed by atoms with van der Waals surface area (Å²) in [5, 5.41) is 8.21. The summed E-state index contributed by atoms with van der Waals surface area (Å²) in [5.41, 5.74) is -0.436. The Morgan fingerprint density at radius 2 is 1.88 bits per heavy atom.